The zero-order chi connectivity index (χ0) is 24.1. The Balaban J connectivity index is 1.42. The molecule has 1 aliphatic heterocycles. The maximum Gasteiger partial charge on any atom is 0.352 e. The number of carbonyl (C=O) groups is 3. The first kappa shape index (κ1) is 27.3. The smallest absolute Gasteiger partial charge is 0.352 e. The van der Waals surface area contributed by atoms with E-state index in [9.17, 15) is 14.4 Å². The average Bonchev–Trinajstić information content (AvgIpc) is 3.26. The molecule has 0 unspecified atom stereocenters. The molecule has 1 heterocycles. The van der Waals surface area contributed by atoms with Gasteiger partial charge in [-0.05, 0) is 31.0 Å². The van der Waals surface area contributed by atoms with Crippen molar-refractivity contribution in [3.05, 3.63) is 33.3 Å². The van der Waals surface area contributed by atoms with E-state index in [2.05, 4.69) is 0 Å². The summed E-state index contributed by atoms with van der Waals surface area (Å²) in [6.45, 7) is 0.395. The van der Waals surface area contributed by atoms with E-state index in [1.807, 2.05) is 0 Å². The third-order valence-electron chi connectivity index (χ3n) is 4.92. The summed E-state index contributed by atoms with van der Waals surface area (Å²) in [6.07, 6.45) is 8.84. The molecule has 0 atom stereocenters. The van der Waals surface area contributed by atoms with Crippen LogP contribution in [0.5, 0.6) is 11.5 Å². The molecule has 0 bridgehead atoms. The van der Waals surface area contributed by atoms with E-state index in [0.29, 0.717) is 17.9 Å². The molecule has 10 heteroatoms. The van der Waals surface area contributed by atoms with Crippen LogP contribution in [-0.4, -0.2) is 31.3 Å². The molecule has 0 aromatic heterocycles. The second-order valence-corrected chi connectivity index (χ2v) is 8.80. The van der Waals surface area contributed by atoms with Crippen molar-refractivity contribution in [3.63, 3.8) is 0 Å². The number of carbonyl (C=O) groups excluding carboxylic acids is 3. The highest BCUT2D eigenvalue weighted by atomic mass is 35.5. The summed E-state index contributed by atoms with van der Waals surface area (Å²) in [7, 11) is 0. The topological polar surface area (TPSA) is 88.1 Å². The third-order valence-corrected chi connectivity index (χ3v) is 5.83. The van der Waals surface area contributed by atoms with Crippen molar-refractivity contribution >= 4 is 52.7 Å². The summed E-state index contributed by atoms with van der Waals surface area (Å²) in [5, 5.41) is -0.303. The van der Waals surface area contributed by atoms with E-state index < -0.39 is 17.9 Å². The Bertz CT molecular complexity index is 850. The molecule has 0 aliphatic carbocycles. The van der Waals surface area contributed by atoms with Crippen LogP contribution in [-0.2, 0) is 19.1 Å². The number of benzene rings is 1. The van der Waals surface area contributed by atoms with Crippen molar-refractivity contribution in [3.8, 4) is 11.5 Å². The molecule has 2 rings (SSSR count). The van der Waals surface area contributed by atoms with Crippen molar-refractivity contribution in [2.24, 2.45) is 0 Å². The molecule has 0 radical (unpaired) electrons. The number of ether oxygens (including phenoxy) is 4. The van der Waals surface area contributed by atoms with Gasteiger partial charge in [0.25, 0.3) is 0 Å². The lowest BCUT2D eigenvalue weighted by molar-refractivity contribution is -0.139. The molecule has 7 nitrogen and oxygen atoms in total. The number of rotatable bonds is 14. The first-order valence-electron chi connectivity index (χ1n) is 10.9. The maximum atomic E-state index is 12.1. The minimum atomic E-state index is -0.710. The normalized spacial score (nSPS) is 11.7. The fourth-order valence-corrected chi connectivity index (χ4v) is 3.36. The van der Waals surface area contributed by atoms with Crippen molar-refractivity contribution in [1.29, 1.82) is 0 Å². The fourth-order valence-electron chi connectivity index (χ4n) is 3.15. The van der Waals surface area contributed by atoms with Gasteiger partial charge in [0.05, 0.1) is 12.2 Å². The van der Waals surface area contributed by atoms with Gasteiger partial charge < -0.3 is 18.9 Å². The van der Waals surface area contributed by atoms with Crippen molar-refractivity contribution in [2.45, 2.75) is 64.2 Å². The lowest BCUT2D eigenvalue weighted by Gasteiger charge is -2.05. The zero-order valence-corrected chi connectivity index (χ0v) is 20.5. The van der Waals surface area contributed by atoms with E-state index in [4.69, 9.17) is 53.8 Å². The van der Waals surface area contributed by atoms with Gasteiger partial charge in [-0.1, -0.05) is 79.7 Å². The van der Waals surface area contributed by atoms with Gasteiger partial charge in [0.15, 0.2) is 16.5 Å². The largest absolute Gasteiger partial charge is 0.461 e. The van der Waals surface area contributed by atoms with Gasteiger partial charge in [0, 0.05) is 6.42 Å². The molecule has 0 amide bonds. The van der Waals surface area contributed by atoms with Crippen molar-refractivity contribution < 1.29 is 33.3 Å². The Labute approximate surface area is 208 Å². The van der Waals surface area contributed by atoms with Crippen LogP contribution in [0.4, 0.5) is 0 Å². The van der Waals surface area contributed by atoms with E-state index in [1.54, 1.807) is 12.1 Å². The lowest BCUT2D eigenvalue weighted by Crippen LogP contribution is -2.12. The predicted molar refractivity (Wildman–Crippen MR) is 125 cm³/mol. The lowest BCUT2D eigenvalue weighted by atomic mass is 10.1. The highest BCUT2D eigenvalue weighted by Crippen LogP contribution is 2.32. The van der Waals surface area contributed by atoms with Crippen LogP contribution >= 0.6 is 34.8 Å². The Morgan fingerprint density at radius 3 is 2.09 bits per heavy atom. The Kier molecular flexibility index (Phi) is 12.4. The van der Waals surface area contributed by atoms with E-state index in [-0.39, 0.29) is 34.9 Å². The van der Waals surface area contributed by atoms with Gasteiger partial charge in [-0.2, -0.15) is 0 Å². The average molecular weight is 522 g/mol. The zero-order valence-electron chi connectivity index (χ0n) is 18.2. The number of esters is 3. The molecule has 0 spiro atoms. The van der Waals surface area contributed by atoms with Crippen LogP contribution in [0.2, 0.25) is 0 Å². The highest BCUT2D eigenvalue weighted by molar-refractivity contribution is 6.62. The van der Waals surface area contributed by atoms with Crippen LogP contribution in [0, 0.1) is 0 Å². The molecule has 1 aromatic rings. The predicted octanol–water partition coefficient (Wildman–Crippen LogP) is 6.43. The molecule has 1 aliphatic rings. The second-order valence-electron chi connectivity index (χ2n) is 7.47. The first-order valence-corrected chi connectivity index (χ1v) is 12.0. The van der Waals surface area contributed by atoms with Crippen molar-refractivity contribution in [1.82, 2.24) is 0 Å². The van der Waals surface area contributed by atoms with Gasteiger partial charge in [0.1, 0.15) is 4.49 Å². The van der Waals surface area contributed by atoms with Crippen LogP contribution in [0.3, 0.4) is 0 Å². The monoisotopic (exact) mass is 520 g/mol. The molecule has 33 heavy (non-hydrogen) atoms. The van der Waals surface area contributed by atoms with Gasteiger partial charge in [-0.15, -0.1) is 0 Å². The highest BCUT2D eigenvalue weighted by Gasteiger charge is 2.18. The Morgan fingerprint density at radius 2 is 1.42 bits per heavy atom. The Hall–Kier alpha value is -1.96. The third kappa shape index (κ3) is 10.2. The number of hydrogen-bond acceptors (Lipinski definition) is 7. The molecular weight excluding hydrogens is 495 g/mol. The van der Waals surface area contributed by atoms with Gasteiger partial charge >= 0.3 is 17.9 Å². The summed E-state index contributed by atoms with van der Waals surface area (Å²) in [5.74, 6) is -0.887. The quantitative estimate of drug-likeness (QED) is 0.121. The Morgan fingerprint density at radius 1 is 0.818 bits per heavy atom. The number of unbranched alkanes of at least 4 members (excludes halogenated alkanes) is 8. The summed E-state index contributed by atoms with van der Waals surface area (Å²) >= 11 is 16.4. The van der Waals surface area contributed by atoms with Crippen LogP contribution in [0.15, 0.2) is 27.7 Å². The fraction of sp³-hybridized carbons (Fsp3) is 0.522. The van der Waals surface area contributed by atoms with E-state index in [1.165, 1.54) is 6.07 Å². The van der Waals surface area contributed by atoms with Gasteiger partial charge in [-0.25, -0.2) is 9.59 Å². The second kappa shape index (κ2) is 15.0. The van der Waals surface area contributed by atoms with Gasteiger partial charge in [-0.3, -0.25) is 4.79 Å². The maximum absolute atomic E-state index is 12.1. The molecule has 182 valence electrons. The molecule has 0 saturated heterocycles. The molecule has 0 saturated carbocycles. The summed E-state index contributed by atoms with van der Waals surface area (Å²) in [6, 6.07) is 4.67. The molecule has 1 aromatic carbocycles. The summed E-state index contributed by atoms with van der Waals surface area (Å²) in [4.78, 5) is 35.4. The number of hydrogen-bond donors (Lipinski definition) is 0. The van der Waals surface area contributed by atoms with Crippen LogP contribution < -0.4 is 9.47 Å². The summed E-state index contributed by atoms with van der Waals surface area (Å²) < 4.78 is 20.0. The van der Waals surface area contributed by atoms with E-state index in [0.717, 1.165) is 51.4 Å². The summed E-state index contributed by atoms with van der Waals surface area (Å²) in [5.41, 5.74) is 0.256. The number of halogens is 3. The van der Waals surface area contributed by atoms with Crippen molar-refractivity contribution in [2.75, 3.05) is 13.4 Å². The minimum Gasteiger partial charge on any atom is -0.461 e. The molecule has 0 fully saturated rings. The van der Waals surface area contributed by atoms with Crippen LogP contribution in [0.25, 0.3) is 0 Å². The molecule has 0 N–H and O–H groups in total. The van der Waals surface area contributed by atoms with Crippen LogP contribution in [0.1, 0.15) is 74.6 Å². The standard InChI is InChI=1S/C23H27Cl3O7/c24-20(21(25)26)23(29)30-13-9-7-5-3-1-2-4-6-8-10-19(27)33-22(28)16-11-12-17-18(14-16)32-15-31-17/h11-12,14H,1-10,13,15H2. The first-order chi connectivity index (χ1) is 15.9. The van der Waals surface area contributed by atoms with Gasteiger partial charge in [0.2, 0.25) is 6.79 Å². The van der Waals surface area contributed by atoms with E-state index >= 15 is 0 Å². The number of fused-ring (bicyclic) bond motifs is 1. The minimum absolute atomic E-state index is 0.114. The molecular formula is C23H27Cl3O7. The SMILES string of the molecule is O=C(CCCCCCCCCCCOC(=O)C(Cl)=C(Cl)Cl)OC(=O)c1ccc2c(c1)OCO2.